The predicted octanol–water partition coefficient (Wildman–Crippen LogP) is 3.94. The average Bonchev–Trinajstić information content (AvgIpc) is 3.03. The van der Waals surface area contributed by atoms with Gasteiger partial charge in [-0.1, -0.05) is 18.2 Å². The van der Waals surface area contributed by atoms with Gasteiger partial charge in [-0.2, -0.15) is 0 Å². The van der Waals surface area contributed by atoms with E-state index in [2.05, 4.69) is 10.3 Å². The van der Waals surface area contributed by atoms with E-state index in [-0.39, 0.29) is 11.9 Å². The number of rotatable bonds is 2. The zero-order valence-corrected chi connectivity index (χ0v) is 13.0. The lowest BCUT2D eigenvalue weighted by Crippen LogP contribution is -2.30. The van der Waals surface area contributed by atoms with Crippen LogP contribution in [-0.2, 0) is 6.42 Å². The first-order valence-electron chi connectivity index (χ1n) is 7.96. The number of aryl methyl sites for hydroxylation is 2. The van der Waals surface area contributed by atoms with Crippen LogP contribution < -0.4 is 5.32 Å². The van der Waals surface area contributed by atoms with Gasteiger partial charge in [0.1, 0.15) is 5.76 Å². The topological polar surface area (TPSA) is 55.1 Å². The molecule has 0 bridgehead atoms. The minimum atomic E-state index is -0.0502. The van der Waals surface area contributed by atoms with Crippen molar-refractivity contribution in [3.8, 4) is 0 Å². The number of pyridine rings is 1. The van der Waals surface area contributed by atoms with E-state index in [0.29, 0.717) is 5.56 Å². The number of nitrogens with one attached hydrogen (secondary N) is 1. The molecule has 4 rings (SSSR count). The van der Waals surface area contributed by atoms with Crippen molar-refractivity contribution in [2.75, 3.05) is 0 Å². The minimum absolute atomic E-state index is 0.0252. The lowest BCUT2D eigenvalue weighted by Gasteiger charge is -2.23. The van der Waals surface area contributed by atoms with Crippen molar-refractivity contribution in [1.82, 2.24) is 10.3 Å². The first-order valence-corrected chi connectivity index (χ1v) is 7.96. The smallest absolute Gasteiger partial charge is 0.252 e. The maximum absolute atomic E-state index is 12.8. The van der Waals surface area contributed by atoms with Gasteiger partial charge in [-0.25, -0.2) is 0 Å². The fourth-order valence-corrected chi connectivity index (χ4v) is 3.37. The Bertz CT molecular complexity index is 882. The molecule has 0 radical (unpaired) electrons. The van der Waals surface area contributed by atoms with Crippen LogP contribution in [0.1, 0.15) is 46.3 Å². The van der Waals surface area contributed by atoms with Crippen LogP contribution in [0.2, 0.25) is 0 Å². The third kappa shape index (κ3) is 2.50. The second-order valence-corrected chi connectivity index (χ2v) is 6.05. The summed E-state index contributed by atoms with van der Waals surface area (Å²) in [6.45, 7) is 1.91. The summed E-state index contributed by atoms with van der Waals surface area (Å²) in [6.07, 6.45) is 4.63. The Labute approximate surface area is 134 Å². The summed E-state index contributed by atoms with van der Waals surface area (Å²) in [5.41, 5.74) is 3.50. The number of carbonyl (C=O) groups is 1. The Morgan fingerprint density at radius 2 is 2.17 bits per heavy atom. The van der Waals surface area contributed by atoms with Gasteiger partial charge in [0.2, 0.25) is 0 Å². The van der Waals surface area contributed by atoms with Crippen LogP contribution in [0, 0.1) is 6.92 Å². The van der Waals surface area contributed by atoms with Gasteiger partial charge in [0.25, 0.3) is 5.91 Å². The Balaban J connectivity index is 1.69. The summed E-state index contributed by atoms with van der Waals surface area (Å²) in [4.78, 5) is 17.3. The molecule has 2 aromatic heterocycles. The van der Waals surface area contributed by atoms with E-state index in [0.717, 1.165) is 47.2 Å². The zero-order valence-electron chi connectivity index (χ0n) is 13.0. The van der Waals surface area contributed by atoms with Crippen molar-refractivity contribution >= 4 is 16.8 Å². The molecule has 0 saturated heterocycles. The molecule has 1 aliphatic carbocycles. The summed E-state index contributed by atoms with van der Waals surface area (Å²) in [5, 5.41) is 4.06. The number of hydrogen-bond acceptors (Lipinski definition) is 3. The van der Waals surface area contributed by atoms with Gasteiger partial charge in [0, 0.05) is 23.1 Å². The number of carbonyl (C=O) groups excluding carboxylic acids is 1. The molecule has 0 aliphatic heterocycles. The molecule has 3 aromatic rings. The number of nitrogens with zero attached hydrogens (tertiary/aromatic N) is 1. The van der Waals surface area contributed by atoms with Gasteiger partial charge in [0.05, 0.1) is 23.4 Å². The van der Waals surface area contributed by atoms with Gasteiger partial charge in [-0.3, -0.25) is 9.78 Å². The van der Waals surface area contributed by atoms with Crippen LogP contribution in [0.15, 0.2) is 47.1 Å². The highest BCUT2D eigenvalue weighted by Crippen LogP contribution is 2.31. The molecule has 0 fully saturated rings. The molecular weight excluding hydrogens is 288 g/mol. The first kappa shape index (κ1) is 14.0. The van der Waals surface area contributed by atoms with E-state index in [9.17, 15) is 4.79 Å². The summed E-state index contributed by atoms with van der Waals surface area (Å²) < 4.78 is 5.50. The van der Waals surface area contributed by atoms with Crippen LogP contribution >= 0.6 is 0 Å². The molecule has 1 atom stereocenters. The lowest BCUT2D eigenvalue weighted by molar-refractivity contribution is 0.0934. The highest BCUT2D eigenvalue weighted by Gasteiger charge is 2.25. The maximum Gasteiger partial charge on any atom is 0.252 e. The van der Waals surface area contributed by atoms with Gasteiger partial charge in [-0.15, -0.1) is 0 Å². The fourth-order valence-electron chi connectivity index (χ4n) is 3.37. The predicted molar refractivity (Wildman–Crippen MR) is 88.3 cm³/mol. The molecule has 116 valence electrons. The number of aromatic nitrogens is 1. The van der Waals surface area contributed by atoms with Crippen LogP contribution in [-0.4, -0.2) is 10.9 Å². The summed E-state index contributed by atoms with van der Waals surface area (Å²) in [5.74, 6) is 0.947. The normalized spacial score (nSPS) is 17.0. The van der Waals surface area contributed by atoms with Gasteiger partial charge in [-0.05, 0) is 38.0 Å². The van der Waals surface area contributed by atoms with Gasteiger partial charge >= 0.3 is 0 Å². The molecule has 1 N–H and O–H groups in total. The summed E-state index contributed by atoms with van der Waals surface area (Å²) in [6, 6.07) is 11.6. The monoisotopic (exact) mass is 306 g/mol. The second-order valence-electron chi connectivity index (χ2n) is 6.05. The second kappa shape index (κ2) is 5.54. The van der Waals surface area contributed by atoms with Gasteiger partial charge < -0.3 is 9.73 Å². The van der Waals surface area contributed by atoms with E-state index in [4.69, 9.17) is 4.42 Å². The molecule has 4 nitrogen and oxygen atoms in total. The fraction of sp³-hybridized carbons (Fsp3) is 0.263. The number of para-hydroxylation sites is 1. The van der Waals surface area contributed by atoms with Crippen LogP contribution in [0.4, 0.5) is 0 Å². The third-order valence-electron chi connectivity index (χ3n) is 4.45. The first-order chi connectivity index (χ1) is 11.2. The Morgan fingerprint density at radius 3 is 3.09 bits per heavy atom. The standard InChI is InChI=1S/C19H18N2O2/c1-12-11-15(13-5-2-3-6-16(13)20-12)19(22)21-17-7-4-8-18-14(17)9-10-23-18/h2-3,5-6,9-11,17H,4,7-8H2,1H3,(H,21,22)/t17-/m1/s1. The molecular formula is C19H18N2O2. The van der Waals surface area contributed by atoms with E-state index < -0.39 is 0 Å². The van der Waals surface area contributed by atoms with Crippen molar-refractivity contribution in [3.05, 3.63) is 65.2 Å². The van der Waals surface area contributed by atoms with Gasteiger partial charge in [0.15, 0.2) is 0 Å². The van der Waals surface area contributed by atoms with E-state index >= 15 is 0 Å². The van der Waals surface area contributed by atoms with E-state index in [1.165, 1.54) is 0 Å². The molecule has 4 heteroatoms. The number of fused-ring (bicyclic) bond motifs is 2. The molecule has 1 aromatic carbocycles. The van der Waals surface area contributed by atoms with E-state index in [1.54, 1.807) is 6.26 Å². The van der Waals surface area contributed by atoms with Crippen LogP contribution in [0.3, 0.4) is 0 Å². The molecule has 1 amide bonds. The maximum atomic E-state index is 12.8. The minimum Gasteiger partial charge on any atom is -0.469 e. The molecule has 23 heavy (non-hydrogen) atoms. The zero-order chi connectivity index (χ0) is 15.8. The van der Waals surface area contributed by atoms with Crippen LogP contribution in [0.25, 0.3) is 10.9 Å². The van der Waals surface area contributed by atoms with Crippen molar-refractivity contribution < 1.29 is 9.21 Å². The number of hydrogen-bond donors (Lipinski definition) is 1. The molecule has 1 aliphatic rings. The summed E-state index contributed by atoms with van der Waals surface area (Å²) >= 11 is 0. The quantitative estimate of drug-likeness (QED) is 0.780. The SMILES string of the molecule is Cc1cc(C(=O)N[C@@H]2CCCc3occc32)c2ccccc2n1. The Morgan fingerprint density at radius 1 is 1.30 bits per heavy atom. The Kier molecular flexibility index (Phi) is 3.37. The average molecular weight is 306 g/mol. The largest absolute Gasteiger partial charge is 0.469 e. The number of amides is 1. The highest BCUT2D eigenvalue weighted by molar-refractivity contribution is 6.06. The van der Waals surface area contributed by atoms with Crippen molar-refractivity contribution in [2.45, 2.75) is 32.2 Å². The number of benzene rings is 1. The highest BCUT2D eigenvalue weighted by atomic mass is 16.3. The van der Waals surface area contributed by atoms with Crippen molar-refractivity contribution in [3.63, 3.8) is 0 Å². The third-order valence-corrected chi connectivity index (χ3v) is 4.45. The molecule has 0 unspecified atom stereocenters. The van der Waals surface area contributed by atoms with E-state index in [1.807, 2.05) is 43.3 Å². The molecule has 0 spiro atoms. The summed E-state index contributed by atoms with van der Waals surface area (Å²) in [7, 11) is 0. The van der Waals surface area contributed by atoms with Crippen molar-refractivity contribution in [2.24, 2.45) is 0 Å². The Hall–Kier alpha value is -2.62. The van der Waals surface area contributed by atoms with Crippen LogP contribution in [0.5, 0.6) is 0 Å². The molecule has 2 heterocycles. The van der Waals surface area contributed by atoms with Crippen molar-refractivity contribution in [1.29, 1.82) is 0 Å². The lowest BCUT2D eigenvalue weighted by atomic mass is 9.93. The molecule has 0 saturated carbocycles. The number of furan rings is 1.